The van der Waals surface area contributed by atoms with Crippen LogP contribution in [0.4, 0.5) is 13.2 Å². The van der Waals surface area contributed by atoms with E-state index in [-0.39, 0.29) is 10.6 Å². The molecule has 0 saturated carbocycles. The lowest BCUT2D eigenvalue weighted by Gasteiger charge is -2.19. The number of benzene rings is 1. The molecule has 0 amide bonds. The van der Waals surface area contributed by atoms with Gasteiger partial charge < -0.3 is 5.73 Å². The molecule has 0 saturated heterocycles. The first-order valence-corrected chi connectivity index (χ1v) is 6.22. The summed E-state index contributed by atoms with van der Waals surface area (Å²) in [7, 11) is 0. The summed E-state index contributed by atoms with van der Waals surface area (Å²) in [6, 6.07) is 3.14. The van der Waals surface area contributed by atoms with Crippen molar-refractivity contribution in [1.29, 1.82) is 0 Å². The maximum Gasteiger partial charge on any atom is 0.416 e. The standard InChI is InChI=1S/C13H17ClF3N/c1-8(2)3-6-12(18)10-5-4-9(14)7-11(10)13(15,16)17/h4-5,7-8,12H,3,6,18H2,1-2H3/t12-/m0/s1. The normalized spacial score (nSPS) is 14.0. The minimum absolute atomic E-state index is 0.0714. The van der Waals surface area contributed by atoms with Crippen molar-refractivity contribution in [2.45, 2.75) is 38.9 Å². The highest BCUT2D eigenvalue weighted by molar-refractivity contribution is 6.30. The average Bonchev–Trinajstić information content (AvgIpc) is 2.24. The first-order valence-electron chi connectivity index (χ1n) is 5.84. The molecule has 0 aliphatic carbocycles. The first kappa shape index (κ1) is 15.3. The lowest BCUT2D eigenvalue weighted by molar-refractivity contribution is -0.138. The number of hydrogen-bond donors (Lipinski definition) is 1. The zero-order valence-corrected chi connectivity index (χ0v) is 11.1. The van der Waals surface area contributed by atoms with Gasteiger partial charge in [0.05, 0.1) is 5.56 Å². The van der Waals surface area contributed by atoms with Crippen molar-refractivity contribution in [2.24, 2.45) is 11.7 Å². The average molecular weight is 280 g/mol. The molecule has 0 fully saturated rings. The van der Waals surface area contributed by atoms with Crippen molar-refractivity contribution < 1.29 is 13.2 Å². The van der Waals surface area contributed by atoms with Crippen LogP contribution >= 0.6 is 11.6 Å². The van der Waals surface area contributed by atoms with E-state index in [1.165, 1.54) is 12.1 Å². The Bertz CT molecular complexity index is 402. The van der Waals surface area contributed by atoms with E-state index < -0.39 is 17.8 Å². The van der Waals surface area contributed by atoms with Gasteiger partial charge in [-0.25, -0.2) is 0 Å². The molecule has 1 aromatic rings. The van der Waals surface area contributed by atoms with Gasteiger partial charge in [0.15, 0.2) is 0 Å². The van der Waals surface area contributed by atoms with Gasteiger partial charge in [0.2, 0.25) is 0 Å². The van der Waals surface area contributed by atoms with Crippen LogP contribution in [0.1, 0.15) is 43.9 Å². The van der Waals surface area contributed by atoms with Gasteiger partial charge in [-0.05, 0) is 36.5 Å². The fraction of sp³-hybridized carbons (Fsp3) is 0.538. The van der Waals surface area contributed by atoms with E-state index in [0.29, 0.717) is 12.3 Å². The van der Waals surface area contributed by atoms with E-state index in [0.717, 1.165) is 12.5 Å². The molecule has 2 N–H and O–H groups in total. The van der Waals surface area contributed by atoms with Crippen LogP contribution in [0.15, 0.2) is 18.2 Å². The summed E-state index contributed by atoms with van der Waals surface area (Å²) in [5.74, 6) is 0.415. The van der Waals surface area contributed by atoms with E-state index in [1.807, 2.05) is 13.8 Å². The van der Waals surface area contributed by atoms with Gasteiger partial charge in [0.1, 0.15) is 0 Å². The van der Waals surface area contributed by atoms with Crippen LogP contribution in [0, 0.1) is 5.92 Å². The van der Waals surface area contributed by atoms with Gasteiger partial charge >= 0.3 is 6.18 Å². The van der Waals surface area contributed by atoms with E-state index in [1.54, 1.807) is 0 Å². The number of alkyl halides is 3. The van der Waals surface area contributed by atoms with Crippen LogP contribution in [-0.4, -0.2) is 0 Å². The van der Waals surface area contributed by atoms with Gasteiger partial charge in [-0.2, -0.15) is 13.2 Å². The molecule has 102 valence electrons. The molecule has 0 aromatic heterocycles. The third-order valence-corrected chi connectivity index (χ3v) is 3.01. The predicted octanol–water partition coefficient (Wildman–Crippen LogP) is 4.79. The highest BCUT2D eigenvalue weighted by Crippen LogP contribution is 2.36. The smallest absolute Gasteiger partial charge is 0.324 e. The Morgan fingerprint density at radius 1 is 1.22 bits per heavy atom. The Hall–Kier alpha value is -0.740. The van der Waals surface area contributed by atoms with Gasteiger partial charge in [0, 0.05) is 11.1 Å². The molecule has 0 aliphatic heterocycles. The van der Waals surface area contributed by atoms with E-state index >= 15 is 0 Å². The van der Waals surface area contributed by atoms with Crippen molar-refractivity contribution in [3.05, 3.63) is 34.3 Å². The predicted molar refractivity (Wildman–Crippen MR) is 67.5 cm³/mol. The Balaban J connectivity index is 3.00. The van der Waals surface area contributed by atoms with Gasteiger partial charge in [-0.3, -0.25) is 0 Å². The summed E-state index contributed by atoms with van der Waals surface area (Å²) in [6.07, 6.45) is -3.10. The van der Waals surface area contributed by atoms with Crippen LogP contribution in [0.25, 0.3) is 0 Å². The molecule has 0 unspecified atom stereocenters. The fourth-order valence-corrected chi connectivity index (χ4v) is 1.94. The lowest BCUT2D eigenvalue weighted by atomic mass is 9.94. The van der Waals surface area contributed by atoms with Crippen LogP contribution in [0.3, 0.4) is 0 Å². The topological polar surface area (TPSA) is 26.0 Å². The van der Waals surface area contributed by atoms with E-state index in [4.69, 9.17) is 17.3 Å². The number of rotatable bonds is 4. The van der Waals surface area contributed by atoms with Gasteiger partial charge in [0.25, 0.3) is 0 Å². The van der Waals surface area contributed by atoms with Crippen LogP contribution < -0.4 is 5.73 Å². The van der Waals surface area contributed by atoms with Crippen molar-refractivity contribution >= 4 is 11.6 Å². The van der Waals surface area contributed by atoms with Crippen molar-refractivity contribution in [3.63, 3.8) is 0 Å². The third-order valence-electron chi connectivity index (χ3n) is 2.78. The SMILES string of the molecule is CC(C)CC[C@H](N)c1ccc(Cl)cc1C(F)(F)F. The zero-order valence-electron chi connectivity index (χ0n) is 10.4. The summed E-state index contributed by atoms with van der Waals surface area (Å²) in [6.45, 7) is 4.03. The summed E-state index contributed by atoms with van der Waals surface area (Å²) < 4.78 is 38.6. The Labute approximate surface area is 110 Å². The summed E-state index contributed by atoms with van der Waals surface area (Å²) >= 11 is 5.61. The fourth-order valence-electron chi connectivity index (χ4n) is 1.77. The molecule has 1 aromatic carbocycles. The van der Waals surface area contributed by atoms with Crippen LogP contribution in [0.2, 0.25) is 5.02 Å². The first-order chi connectivity index (χ1) is 8.21. The molecule has 0 spiro atoms. The van der Waals surface area contributed by atoms with E-state index in [9.17, 15) is 13.2 Å². The highest BCUT2D eigenvalue weighted by atomic mass is 35.5. The third kappa shape index (κ3) is 4.18. The second-order valence-electron chi connectivity index (χ2n) is 4.81. The highest BCUT2D eigenvalue weighted by Gasteiger charge is 2.34. The molecular weight excluding hydrogens is 263 g/mol. The monoisotopic (exact) mass is 279 g/mol. The number of nitrogens with two attached hydrogens (primary N) is 1. The van der Waals surface area contributed by atoms with Crippen molar-refractivity contribution in [1.82, 2.24) is 0 Å². The summed E-state index contributed by atoms with van der Waals surface area (Å²) in [5.41, 5.74) is 5.24. The molecule has 0 heterocycles. The minimum atomic E-state index is -4.42. The zero-order chi connectivity index (χ0) is 13.9. The molecule has 1 atom stereocenters. The van der Waals surface area contributed by atoms with Crippen molar-refractivity contribution in [3.8, 4) is 0 Å². The van der Waals surface area contributed by atoms with Gasteiger partial charge in [-0.1, -0.05) is 31.5 Å². The maximum absolute atomic E-state index is 12.9. The quantitative estimate of drug-likeness (QED) is 0.842. The molecule has 0 radical (unpaired) electrons. The lowest BCUT2D eigenvalue weighted by Crippen LogP contribution is -2.18. The number of hydrogen-bond acceptors (Lipinski definition) is 1. The molecule has 0 aliphatic rings. The maximum atomic E-state index is 12.9. The van der Waals surface area contributed by atoms with Crippen LogP contribution in [0.5, 0.6) is 0 Å². The van der Waals surface area contributed by atoms with Crippen LogP contribution in [-0.2, 0) is 6.18 Å². The Morgan fingerprint density at radius 3 is 2.33 bits per heavy atom. The second kappa shape index (κ2) is 5.93. The molecular formula is C13H17ClF3N. The minimum Gasteiger partial charge on any atom is -0.324 e. The Morgan fingerprint density at radius 2 is 1.83 bits per heavy atom. The van der Waals surface area contributed by atoms with E-state index in [2.05, 4.69) is 0 Å². The molecule has 18 heavy (non-hydrogen) atoms. The molecule has 1 nitrogen and oxygen atoms in total. The molecule has 5 heteroatoms. The molecule has 0 bridgehead atoms. The summed E-state index contributed by atoms with van der Waals surface area (Å²) in [5, 5.41) is 0.0714. The second-order valence-corrected chi connectivity index (χ2v) is 5.24. The number of halogens is 4. The Kier molecular flexibility index (Phi) is 5.05. The van der Waals surface area contributed by atoms with Crippen molar-refractivity contribution in [2.75, 3.05) is 0 Å². The summed E-state index contributed by atoms with van der Waals surface area (Å²) in [4.78, 5) is 0. The molecule has 1 rings (SSSR count). The largest absolute Gasteiger partial charge is 0.416 e. The van der Waals surface area contributed by atoms with Gasteiger partial charge in [-0.15, -0.1) is 0 Å².